The molecule has 4 heterocycles. The van der Waals surface area contributed by atoms with Gasteiger partial charge in [0, 0.05) is 54.2 Å². The number of fused-ring (bicyclic) bond motifs is 15. The fourth-order valence-corrected chi connectivity index (χ4v) is 15.4. The van der Waals surface area contributed by atoms with Gasteiger partial charge in [-0.2, -0.15) is 0 Å². The summed E-state index contributed by atoms with van der Waals surface area (Å²) in [6.07, 6.45) is 0. The Morgan fingerprint density at radius 3 is 1.37 bits per heavy atom. The predicted octanol–water partition coefficient (Wildman–Crippen LogP) is 23.0. The van der Waals surface area contributed by atoms with E-state index in [-0.39, 0.29) is 0 Å². The molecule has 6 heteroatoms. The van der Waals surface area contributed by atoms with Gasteiger partial charge in [0.05, 0.1) is 22.1 Å². The molecule has 0 N–H and O–H groups in total. The lowest BCUT2D eigenvalue weighted by Crippen LogP contribution is -2.02. The van der Waals surface area contributed by atoms with Crippen LogP contribution in [0, 0.1) is 0 Å². The van der Waals surface area contributed by atoms with E-state index in [9.17, 15) is 0 Å². The normalized spacial score (nSPS) is 12.0. The average Bonchev–Trinajstić information content (AvgIpc) is 1.51. The van der Waals surface area contributed by atoms with Gasteiger partial charge in [-0.3, -0.25) is 9.13 Å². The molecule has 0 fully saturated rings. The molecule has 0 spiro atoms. The van der Waals surface area contributed by atoms with Crippen molar-refractivity contribution in [3.05, 3.63) is 315 Å². The summed E-state index contributed by atoms with van der Waals surface area (Å²) in [5, 5.41) is 43.7. The molecule has 16 aromatic carbocycles. The van der Waals surface area contributed by atoms with Gasteiger partial charge in [0.2, 0.25) is 0 Å². The Kier molecular flexibility index (Phi) is 11.3. The third-order valence-corrected chi connectivity index (χ3v) is 19.8. The van der Waals surface area contributed by atoms with E-state index in [2.05, 4.69) is 325 Å². The number of aromatic nitrogens is 6. The molecule has 0 aliphatic heterocycles. The van der Waals surface area contributed by atoms with Gasteiger partial charge >= 0.3 is 0 Å². The molecule has 94 heavy (non-hydrogen) atoms. The summed E-state index contributed by atoms with van der Waals surface area (Å²) in [4.78, 5) is 0. The highest BCUT2D eigenvalue weighted by atomic mass is 15.2. The van der Waals surface area contributed by atoms with Gasteiger partial charge in [-0.05, 0) is 159 Å². The molecule has 4 aromatic heterocycles. The first-order valence-electron chi connectivity index (χ1n) is 32.1. The third-order valence-electron chi connectivity index (χ3n) is 19.8. The molecule has 0 saturated carbocycles. The first-order chi connectivity index (χ1) is 46.6. The standard InChI is InChI=1S/C88H52N6/c1-2-17-53(18-3-1)62-42-44-80-77(48-62)78-47-56-20-4-6-22-58(56)51-82(78)93(80)87-74-28-12-10-26-72(74)85(89-91-87)65-40-35-55-41-43-70-67(30-15-32-69(70)76(55)50-65)63-38-36-61-46-64(39-37-60(61)45-63)68-31-16-34-81-84(68)79-49-57-21-5-7-23-59(57)52-83(79)94(81)88-75-29-13-11-27-73(75)86(90-92-88)71-33-14-24-54-19-8-9-25-66(54)71/h1-52H. The first-order valence-corrected chi connectivity index (χ1v) is 32.1. The van der Waals surface area contributed by atoms with Crippen LogP contribution in [0.1, 0.15) is 0 Å². The van der Waals surface area contributed by atoms with Crippen molar-refractivity contribution < 1.29 is 0 Å². The van der Waals surface area contributed by atoms with E-state index in [0.29, 0.717) is 0 Å². The molecule has 0 unspecified atom stereocenters. The van der Waals surface area contributed by atoms with Gasteiger partial charge in [-0.15, -0.1) is 20.4 Å². The van der Waals surface area contributed by atoms with E-state index < -0.39 is 0 Å². The summed E-state index contributed by atoms with van der Waals surface area (Å²) in [6, 6.07) is 115. The van der Waals surface area contributed by atoms with E-state index in [4.69, 9.17) is 20.4 Å². The van der Waals surface area contributed by atoms with Crippen LogP contribution in [-0.2, 0) is 0 Å². The molecule has 0 aliphatic rings. The number of rotatable bonds is 7. The van der Waals surface area contributed by atoms with Crippen LogP contribution in [-0.4, -0.2) is 29.5 Å². The third kappa shape index (κ3) is 7.96. The maximum Gasteiger partial charge on any atom is 0.168 e. The largest absolute Gasteiger partial charge is 0.292 e. The van der Waals surface area contributed by atoms with Gasteiger partial charge in [-0.1, -0.05) is 255 Å². The zero-order chi connectivity index (χ0) is 61.5. The maximum absolute atomic E-state index is 5.21. The molecule has 0 aliphatic carbocycles. The molecule has 20 aromatic rings. The lowest BCUT2D eigenvalue weighted by molar-refractivity contribution is 0.977. The van der Waals surface area contributed by atoms with Gasteiger partial charge < -0.3 is 0 Å². The van der Waals surface area contributed by atoms with Gasteiger partial charge in [0.1, 0.15) is 11.4 Å². The second kappa shape index (κ2) is 20.4. The van der Waals surface area contributed by atoms with Crippen molar-refractivity contribution in [3.8, 4) is 67.5 Å². The minimum absolute atomic E-state index is 0.803. The van der Waals surface area contributed by atoms with Crippen LogP contribution in [0.2, 0.25) is 0 Å². The second-order valence-electron chi connectivity index (χ2n) is 24.9. The Morgan fingerprint density at radius 1 is 0.181 bits per heavy atom. The van der Waals surface area contributed by atoms with E-state index in [1.807, 2.05) is 0 Å². The quantitative estimate of drug-likeness (QED) is 0.149. The van der Waals surface area contributed by atoms with E-state index >= 15 is 0 Å². The van der Waals surface area contributed by atoms with E-state index in [1.165, 1.54) is 103 Å². The number of hydrogen-bond donors (Lipinski definition) is 0. The monoisotopic (exact) mass is 1190 g/mol. The molecule has 0 saturated heterocycles. The summed E-state index contributed by atoms with van der Waals surface area (Å²) >= 11 is 0. The van der Waals surface area contributed by atoms with Crippen LogP contribution in [0.15, 0.2) is 315 Å². The Bertz CT molecular complexity index is 6610. The minimum atomic E-state index is 0.803. The molecule has 434 valence electrons. The number of benzene rings is 16. The molecular weight excluding hydrogens is 1140 g/mol. The van der Waals surface area contributed by atoms with Crippen molar-refractivity contribution in [2.45, 2.75) is 0 Å². The van der Waals surface area contributed by atoms with Crippen molar-refractivity contribution in [1.82, 2.24) is 29.5 Å². The Morgan fingerprint density at radius 2 is 0.638 bits per heavy atom. The van der Waals surface area contributed by atoms with Crippen molar-refractivity contribution in [2.24, 2.45) is 0 Å². The fraction of sp³-hybridized carbons (Fsp3) is 0. The van der Waals surface area contributed by atoms with E-state index in [0.717, 1.165) is 94.3 Å². The Labute approximate surface area is 539 Å². The Hall–Kier alpha value is -12.6. The van der Waals surface area contributed by atoms with Crippen molar-refractivity contribution in [3.63, 3.8) is 0 Å². The van der Waals surface area contributed by atoms with Crippen LogP contribution < -0.4 is 0 Å². The van der Waals surface area contributed by atoms with Gasteiger partial charge in [0.15, 0.2) is 11.6 Å². The van der Waals surface area contributed by atoms with E-state index in [1.54, 1.807) is 0 Å². The number of nitrogens with zero attached hydrogens (tertiary/aromatic N) is 6. The van der Waals surface area contributed by atoms with Crippen molar-refractivity contribution in [2.75, 3.05) is 0 Å². The van der Waals surface area contributed by atoms with Crippen LogP contribution in [0.3, 0.4) is 0 Å². The highest BCUT2D eigenvalue weighted by molar-refractivity contribution is 6.21. The molecule has 0 radical (unpaired) electrons. The lowest BCUT2D eigenvalue weighted by atomic mass is 9.91. The lowest BCUT2D eigenvalue weighted by Gasteiger charge is -2.14. The molecular formula is C88H52N6. The summed E-state index contributed by atoms with van der Waals surface area (Å²) in [7, 11) is 0. The molecule has 6 nitrogen and oxygen atoms in total. The minimum Gasteiger partial charge on any atom is -0.292 e. The Balaban J connectivity index is 0.682. The first kappa shape index (κ1) is 52.2. The van der Waals surface area contributed by atoms with Crippen molar-refractivity contribution >= 4 is 130 Å². The topological polar surface area (TPSA) is 61.4 Å². The summed E-state index contributed by atoms with van der Waals surface area (Å²) in [5.41, 5.74) is 15.2. The molecule has 20 rings (SSSR count). The SMILES string of the molecule is c1ccc(-c2ccc3c(c2)c2cc4ccccc4cc2n3-c2nnc(-c3ccc4ccc5c(-c6ccc7cc(-c8cccc9c8c8cc%10ccccc%10cc8n9-c8nnc(-c9cccc%10ccccc9%10)c9ccccc89)ccc7c6)cccc5c4c3)c3ccccc23)cc1. The summed E-state index contributed by atoms with van der Waals surface area (Å²) < 4.78 is 4.66. The smallest absolute Gasteiger partial charge is 0.168 e. The summed E-state index contributed by atoms with van der Waals surface area (Å²) in [6.45, 7) is 0. The number of hydrogen-bond acceptors (Lipinski definition) is 4. The van der Waals surface area contributed by atoms with Crippen LogP contribution in [0.5, 0.6) is 0 Å². The van der Waals surface area contributed by atoms with Gasteiger partial charge in [0.25, 0.3) is 0 Å². The maximum atomic E-state index is 5.21. The van der Waals surface area contributed by atoms with Crippen LogP contribution >= 0.6 is 0 Å². The second-order valence-corrected chi connectivity index (χ2v) is 24.9. The predicted molar refractivity (Wildman–Crippen MR) is 394 cm³/mol. The molecule has 0 atom stereocenters. The molecule has 0 amide bonds. The zero-order valence-electron chi connectivity index (χ0n) is 50.7. The zero-order valence-corrected chi connectivity index (χ0v) is 50.7. The average molecular weight is 1190 g/mol. The van der Waals surface area contributed by atoms with Crippen LogP contribution in [0.25, 0.3) is 197 Å². The highest BCUT2D eigenvalue weighted by Gasteiger charge is 2.24. The summed E-state index contributed by atoms with van der Waals surface area (Å²) in [5.74, 6) is 1.61. The van der Waals surface area contributed by atoms with Crippen LogP contribution in [0.4, 0.5) is 0 Å². The fourth-order valence-electron chi connectivity index (χ4n) is 15.4. The molecule has 0 bridgehead atoms. The van der Waals surface area contributed by atoms with Crippen molar-refractivity contribution in [1.29, 1.82) is 0 Å². The van der Waals surface area contributed by atoms with Gasteiger partial charge in [-0.25, -0.2) is 0 Å². The highest BCUT2D eigenvalue weighted by Crippen LogP contribution is 2.45.